The lowest BCUT2D eigenvalue weighted by molar-refractivity contribution is -0.0328. The van der Waals surface area contributed by atoms with Crippen molar-refractivity contribution in [2.45, 2.75) is 45.2 Å². The van der Waals surface area contributed by atoms with Gasteiger partial charge in [-0.1, -0.05) is 32.5 Å². The summed E-state index contributed by atoms with van der Waals surface area (Å²) in [7, 11) is 1.85. The lowest BCUT2D eigenvalue weighted by Gasteiger charge is -2.30. The Kier molecular flexibility index (Phi) is 6.03. The average molecular weight is 243 g/mol. The maximum Gasteiger partial charge on any atom is 0.441 e. The Morgan fingerprint density at radius 1 is 1.20 bits per heavy atom. The fraction of sp³-hybridized carbons (Fsp3) is 1.00. The lowest BCUT2D eigenvalue weighted by atomic mass is 9.84. The van der Waals surface area contributed by atoms with E-state index in [9.17, 15) is 13.2 Å². The Labute approximate surface area is 94.2 Å². The molecule has 0 heterocycles. The molecule has 1 unspecified atom stereocenters. The minimum absolute atomic E-state index is 0.0689. The molecular formula is C10H20F3NS. The van der Waals surface area contributed by atoms with Crippen LogP contribution in [0.5, 0.6) is 0 Å². The predicted molar refractivity (Wildman–Crippen MR) is 60.0 cm³/mol. The zero-order valence-electron chi connectivity index (χ0n) is 9.74. The van der Waals surface area contributed by atoms with E-state index in [0.29, 0.717) is 6.42 Å². The van der Waals surface area contributed by atoms with Crippen LogP contribution in [-0.4, -0.2) is 24.4 Å². The highest BCUT2D eigenvalue weighted by Crippen LogP contribution is 2.31. The van der Waals surface area contributed by atoms with Gasteiger partial charge >= 0.3 is 5.51 Å². The monoisotopic (exact) mass is 243 g/mol. The van der Waals surface area contributed by atoms with Gasteiger partial charge in [0.15, 0.2) is 0 Å². The number of alkyl halides is 3. The van der Waals surface area contributed by atoms with Gasteiger partial charge in [0.1, 0.15) is 0 Å². The minimum atomic E-state index is -4.09. The van der Waals surface area contributed by atoms with Gasteiger partial charge in [0.2, 0.25) is 0 Å². The van der Waals surface area contributed by atoms with Gasteiger partial charge in [-0.05, 0) is 25.3 Å². The molecule has 0 aromatic heterocycles. The Morgan fingerprint density at radius 2 is 1.73 bits per heavy atom. The minimum Gasteiger partial charge on any atom is -0.316 e. The number of rotatable bonds is 5. The van der Waals surface area contributed by atoms with E-state index < -0.39 is 5.51 Å². The van der Waals surface area contributed by atoms with Crippen LogP contribution in [0.2, 0.25) is 0 Å². The van der Waals surface area contributed by atoms with Crippen LogP contribution in [0.25, 0.3) is 0 Å². The lowest BCUT2D eigenvalue weighted by Crippen LogP contribution is -2.38. The van der Waals surface area contributed by atoms with Gasteiger partial charge in [-0.3, -0.25) is 0 Å². The molecule has 0 aliphatic heterocycles. The first-order valence-corrected chi connectivity index (χ1v) is 6.03. The van der Waals surface area contributed by atoms with Crippen molar-refractivity contribution < 1.29 is 13.2 Å². The molecule has 0 fully saturated rings. The van der Waals surface area contributed by atoms with E-state index in [1.165, 1.54) is 0 Å². The van der Waals surface area contributed by atoms with Crippen LogP contribution in [0.1, 0.15) is 33.6 Å². The molecule has 5 heteroatoms. The second kappa shape index (κ2) is 5.99. The van der Waals surface area contributed by atoms with Crippen LogP contribution >= 0.6 is 11.8 Å². The highest BCUT2D eigenvalue weighted by Gasteiger charge is 2.28. The number of hydrogen-bond acceptors (Lipinski definition) is 2. The Morgan fingerprint density at radius 3 is 2.07 bits per heavy atom. The maximum absolute atomic E-state index is 11.8. The van der Waals surface area contributed by atoms with Crippen LogP contribution in [0.4, 0.5) is 13.2 Å². The van der Waals surface area contributed by atoms with Crippen molar-refractivity contribution in [3.8, 4) is 0 Å². The summed E-state index contributed by atoms with van der Waals surface area (Å²) in [6, 6.07) is 0.270. The van der Waals surface area contributed by atoms with Crippen molar-refractivity contribution >= 4 is 11.8 Å². The highest BCUT2D eigenvalue weighted by atomic mass is 32.2. The van der Waals surface area contributed by atoms with Crippen LogP contribution in [-0.2, 0) is 0 Å². The van der Waals surface area contributed by atoms with Gasteiger partial charge in [-0.25, -0.2) is 0 Å². The third kappa shape index (κ3) is 7.96. The summed E-state index contributed by atoms with van der Waals surface area (Å²) in [5.41, 5.74) is -3.99. The Hall–Kier alpha value is 0.100. The molecule has 15 heavy (non-hydrogen) atoms. The SMILES string of the molecule is CNC(CCCSC(F)(F)F)C(C)(C)C. The van der Waals surface area contributed by atoms with E-state index in [1.807, 2.05) is 7.05 Å². The molecule has 1 nitrogen and oxygen atoms in total. The average Bonchev–Trinajstić information content (AvgIpc) is 1.99. The Bertz CT molecular complexity index is 174. The molecule has 0 aliphatic rings. The number of nitrogens with one attached hydrogen (secondary N) is 1. The van der Waals surface area contributed by atoms with E-state index in [2.05, 4.69) is 26.1 Å². The zero-order chi connectivity index (χ0) is 12.1. The van der Waals surface area contributed by atoms with E-state index in [4.69, 9.17) is 0 Å². The fourth-order valence-electron chi connectivity index (χ4n) is 1.49. The molecule has 0 aromatic carbocycles. The van der Waals surface area contributed by atoms with Crippen LogP contribution in [0.15, 0.2) is 0 Å². The maximum atomic E-state index is 11.8. The van der Waals surface area contributed by atoms with Gasteiger partial charge in [0, 0.05) is 11.8 Å². The molecule has 0 aliphatic carbocycles. The largest absolute Gasteiger partial charge is 0.441 e. The van der Waals surface area contributed by atoms with E-state index in [1.54, 1.807) is 0 Å². The van der Waals surface area contributed by atoms with Crippen molar-refractivity contribution in [2.75, 3.05) is 12.8 Å². The van der Waals surface area contributed by atoms with Gasteiger partial charge in [0.25, 0.3) is 0 Å². The molecule has 0 saturated heterocycles. The molecule has 92 valence electrons. The van der Waals surface area contributed by atoms with Gasteiger partial charge in [-0.2, -0.15) is 13.2 Å². The molecule has 0 amide bonds. The summed E-state index contributed by atoms with van der Waals surface area (Å²) in [5.74, 6) is 0.151. The van der Waals surface area contributed by atoms with Crippen LogP contribution in [0, 0.1) is 5.41 Å². The van der Waals surface area contributed by atoms with Crippen molar-refractivity contribution in [3.05, 3.63) is 0 Å². The molecule has 0 bridgehead atoms. The molecule has 0 spiro atoms. The first-order chi connectivity index (χ1) is 6.67. The number of thioether (sulfide) groups is 1. The van der Waals surface area contributed by atoms with Crippen molar-refractivity contribution in [1.82, 2.24) is 5.32 Å². The van der Waals surface area contributed by atoms with Gasteiger partial charge in [0.05, 0.1) is 0 Å². The Balaban J connectivity index is 3.75. The second-order valence-electron chi connectivity index (χ2n) is 4.64. The van der Waals surface area contributed by atoms with Crippen LogP contribution in [0.3, 0.4) is 0 Å². The molecule has 1 N–H and O–H groups in total. The normalized spacial score (nSPS) is 15.4. The molecule has 1 atom stereocenters. The van der Waals surface area contributed by atoms with E-state index >= 15 is 0 Å². The van der Waals surface area contributed by atoms with Crippen LogP contribution < -0.4 is 5.32 Å². The zero-order valence-corrected chi connectivity index (χ0v) is 10.6. The van der Waals surface area contributed by atoms with Gasteiger partial charge < -0.3 is 5.32 Å². The first-order valence-electron chi connectivity index (χ1n) is 5.05. The smallest absolute Gasteiger partial charge is 0.316 e. The molecule has 0 radical (unpaired) electrons. The quantitative estimate of drug-likeness (QED) is 0.740. The fourth-order valence-corrected chi connectivity index (χ4v) is 2.03. The van der Waals surface area contributed by atoms with Crippen molar-refractivity contribution in [3.63, 3.8) is 0 Å². The number of hydrogen-bond donors (Lipinski definition) is 1. The van der Waals surface area contributed by atoms with Crippen molar-refractivity contribution in [1.29, 1.82) is 0 Å². The summed E-state index contributed by atoms with van der Waals surface area (Å²) in [6.07, 6.45) is 1.37. The molecule has 0 aromatic rings. The molecule has 0 saturated carbocycles. The summed E-state index contributed by atoms with van der Waals surface area (Å²) >= 11 is 0.0689. The van der Waals surface area contributed by atoms with E-state index in [0.717, 1.165) is 6.42 Å². The summed E-state index contributed by atoms with van der Waals surface area (Å²) in [4.78, 5) is 0. The topological polar surface area (TPSA) is 12.0 Å². The van der Waals surface area contributed by atoms with Crippen molar-refractivity contribution in [2.24, 2.45) is 5.41 Å². The molecular weight excluding hydrogens is 223 g/mol. The third-order valence-corrected chi connectivity index (χ3v) is 3.12. The number of halogens is 3. The standard InChI is InChI=1S/C10H20F3NS/c1-9(2,3)8(14-4)6-5-7-15-10(11,12)13/h8,14H,5-7H2,1-4H3. The second-order valence-corrected chi connectivity index (χ2v) is 5.80. The van der Waals surface area contributed by atoms with Gasteiger partial charge in [-0.15, -0.1) is 0 Å². The third-order valence-electron chi connectivity index (χ3n) is 2.30. The van der Waals surface area contributed by atoms with E-state index in [-0.39, 0.29) is 29.0 Å². The highest BCUT2D eigenvalue weighted by molar-refractivity contribution is 8.00. The summed E-state index contributed by atoms with van der Waals surface area (Å²) < 4.78 is 35.5. The summed E-state index contributed by atoms with van der Waals surface area (Å²) in [6.45, 7) is 6.27. The first kappa shape index (κ1) is 15.1. The predicted octanol–water partition coefficient (Wildman–Crippen LogP) is 3.65. The molecule has 0 rings (SSSR count). The summed E-state index contributed by atoms with van der Waals surface area (Å²) in [5, 5.41) is 3.15.